The number of rotatable bonds is 6. The third-order valence-electron chi connectivity index (χ3n) is 5.31. The lowest BCUT2D eigenvalue weighted by molar-refractivity contribution is 0.0929. The molecule has 8 heteroatoms. The van der Waals surface area contributed by atoms with Crippen molar-refractivity contribution in [1.82, 2.24) is 5.43 Å². The number of nitrogens with one attached hydrogen (secondary N) is 1. The Morgan fingerprint density at radius 2 is 1.71 bits per heavy atom. The first-order chi connectivity index (χ1) is 17.0. The molecular formula is C27H17Br3N2O3. The van der Waals surface area contributed by atoms with Crippen LogP contribution in [0.2, 0.25) is 0 Å². The molecule has 0 saturated heterocycles. The van der Waals surface area contributed by atoms with Crippen LogP contribution >= 0.6 is 47.8 Å². The summed E-state index contributed by atoms with van der Waals surface area (Å²) in [4.78, 5) is 12.6. The van der Waals surface area contributed by atoms with Crippen molar-refractivity contribution in [3.63, 3.8) is 0 Å². The Bertz CT molecular complexity index is 1590. The lowest BCUT2D eigenvalue weighted by atomic mass is 10.1. The normalized spacial score (nSPS) is 11.4. The quantitative estimate of drug-likeness (QED) is 0.148. The second-order valence-corrected chi connectivity index (χ2v) is 10.5. The van der Waals surface area contributed by atoms with E-state index < -0.39 is 5.91 Å². The molecule has 0 bridgehead atoms. The van der Waals surface area contributed by atoms with Gasteiger partial charge in [-0.05, 0) is 74.7 Å². The van der Waals surface area contributed by atoms with E-state index >= 15 is 0 Å². The van der Waals surface area contributed by atoms with E-state index in [1.165, 1.54) is 10.8 Å². The van der Waals surface area contributed by atoms with Crippen LogP contribution in [-0.4, -0.2) is 12.1 Å². The van der Waals surface area contributed by atoms with Crippen LogP contribution in [0.3, 0.4) is 0 Å². The van der Waals surface area contributed by atoms with Crippen molar-refractivity contribution in [3.05, 3.63) is 109 Å². The second kappa shape index (κ2) is 10.4. The fourth-order valence-corrected chi connectivity index (χ4v) is 5.36. The highest BCUT2D eigenvalue weighted by Gasteiger charge is 2.14. The lowest BCUT2D eigenvalue weighted by Crippen LogP contribution is -2.16. The molecule has 5 rings (SSSR count). The molecule has 5 nitrogen and oxygen atoms in total. The Kier molecular flexibility index (Phi) is 7.04. The summed E-state index contributed by atoms with van der Waals surface area (Å²) in [6.07, 6.45) is 1.55. The van der Waals surface area contributed by atoms with Crippen LogP contribution in [0.25, 0.3) is 21.7 Å². The molecule has 0 saturated carbocycles. The maximum absolute atomic E-state index is 12.6. The molecule has 1 heterocycles. The van der Waals surface area contributed by atoms with Crippen molar-refractivity contribution in [2.75, 3.05) is 0 Å². The number of carbonyl (C=O) groups excluding carboxylic acids is 1. The summed E-state index contributed by atoms with van der Waals surface area (Å²) in [5, 5.41) is 7.28. The number of hydrogen-bond donors (Lipinski definition) is 1. The molecule has 35 heavy (non-hydrogen) atoms. The second-order valence-electron chi connectivity index (χ2n) is 7.77. The average Bonchev–Trinajstić information content (AvgIpc) is 3.28. The van der Waals surface area contributed by atoms with E-state index in [0.29, 0.717) is 17.9 Å². The van der Waals surface area contributed by atoms with Crippen molar-refractivity contribution in [2.24, 2.45) is 5.10 Å². The first-order valence-corrected chi connectivity index (χ1v) is 13.0. The van der Waals surface area contributed by atoms with Crippen LogP contribution in [0.4, 0.5) is 0 Å². The van der Waals surface area contributed by atoms with Gasteiger partial charge in [0.25, 0.3) is 0 Å². The van der Waals surface area contributed by atoms with Crippen molar-refractivity contribution in [2.45, 2.75) is 6.61 Å². The summed E-state index contributed by atoms with van der Waals surface area (Å²) in [5.74, 6) is 0.365. The van der Waals surface area contributed by atoms with Crippen LogP contribution in [0.5, 0.6) is 5.75 Å². The van der Waals surface area contributed by atoms with Gasteiger partial charge in [0.2, 0.25) is 0 Å². The maximum atomic E-state index is 12.6. The number of hydrogen-bond acceptors (Lipinski definition) is 4. The molecule has 0 aliphatic carbocycles. The van der Waals surface area contributed by atoms with Crippen LogP contribution in [0.1, 0.15) is 21.7 Å². The standard InChI is InChI=1S/C27H17Br3N2O3/c28-21-7-8-24(34-15-16-5-6-17-3-1-2-4-18(17)9-16)20(11-21)14-31-32-27(33)25-12-19-10-22(29)13-23(30)26(19)35-25/h1-14H,15H2,(H,32,33)/b31-14-. The lowest BCUT2D eigenvalue weighted by Gasteiger charge is -2.10. The van der Waals surface area contributed by atoms with Gasteiger partial charge in [-0.1, -0.05) is 68.3 Å². The third-order valence-corrected chi connectivity index (χ3v) is 6.85. The minimum atomic E-state index is -0.450. The molecule has 5 aromatic rings. The van der Waals surface area contributed by atoms with Gasteiger partial charge in [0.1, 0.15) is 17.9 Å². The molecule has 1 amide bonds. The van der Waals surface area contributed by atoms with Gasteiger partial charge in [-0.2, -0.15) is 5.10 Å². The topological polar surface area (TPSA) is 63.8 Å². The SMILES string of the molecule is O=C(N/N=C\c1cc(Br)ccc1OCc1ccc2ccccc2c1)c1cc2cc(Br)cc(Br)c2o1. The third kappa shape index (κ3) is 5.50. The zero-order valence-electron chi connectivity index (χ0n) is 18.1. The molecule has 1 N–H and O–H groups in total. The van der Waals surface area contributed by atoms with Gasteiger partial charge < -0.3 is 9.15 Å². The Hall–Kier alpha value is -2.94. The summed E-state index contributed by atoms with van der Waals surface area (Å²) < 4.78 is 14.3. The summed E-state index contributed by atoms with van der Waals surface area (Å²) in [5.41, 5.74) is 4.90. The predicted molar refractivity (Wildman–Crippen MR) is 149 cm³/mol. The van der Waals surface area contributed by atoms with Crippen LogP contribution in [0.15, 0.2) is 102 Å². The highest BCUT2D eigenvalue weighted by atomic mass is 79.9. The van der Waals surface area contributed by atoms with Gasteiger partial charge in [0.05, 0.1) is 10.7 Å². The Morgan fingerprint density at radius 3 is 2.57 bits per heavy atom. The van der Waals surface area contributed by atoms with Crippen LogP contribution < -0.4 is 10.2 Å². The molecule has 0 spiro atoms. The molecule has 4 aromatic carbocycles. The van der Waals surface area contributed by atoms with Crippen molar-refractivity contribution >= 4 is 81.7 Å². The molecule has 1 aromatic heterocycles. The highest BCUT2D eigenvalue weighted by Crippen LogP contribution is 2.31. The van der Waals surface area contributed by atoms with Gasteiger partial charge in [0, 0.05) is 19.9 Å². The molecule has 0 aliphatic heterocycles. The van der Waals surface area contributed by atoms with Crippen molar-refractivity contribution < 1.29 is 13.9 Å². The monoisotopic (exact) mass is 654 g/mol. The molecule has 0 radical (unpaired) electrons. The number of halogens is 3. The van der Waals surface area contributed by atoms with Crippen molar-refractivity contribution in [1.29, 1.82) is 0 Å². The summed E-state index contributed by atoms with van der Waals surface area (Å²) >= 11 is 10.4. The Morgan fingerprint density at radius 1 is 0.886 bits per heavy atom. The number of hydrazone groups is 1. The molecule has 0 aliphatic rings. The van der Waals surface area contributed by atoms with Gasteiger partial charge >= 0.3 is 5.91 Å². The number of nitrogens with zero attached hydrogens (tertiary/aromatic N) is 1. The molecule has 0 atom stereocenters. The summed E-state index contributed by atoms with van der Waals surface area (Å²) in [6.45, 7) is 0.406. The fourth-order valence-electron chi connectivity index (χ4n) is 3.64. The van der Waals surface area contributed by atoms with E-state index in [0.717, 1.165) is 29.9 Å². The largest absolute Gasteiger partial charge is 0.488 e. The number of carbonyl (C=O) groups is 1. The highest BCUT2D eigenvalue weighted by molar-refractivity contribution is 9.11. The first-order valence-electron chi connectivity index (χ1n) is 10.6. The van der Waals surface area contributed by atoms with Crippen molar-refractivity contribution in [3.8, 4) is 5.75 Å². The maximum Gasteiger partial charge on any atom is 0.307 e. The average molecular weight is 657 g/mol. The number of fused-ring (bicyclic) bond motifs is 2. The van der Waals surface area contributed by atoms with E-state index in [1.54, 1.807) is 12.3 Å². The summed E-state index contributed by atoms with van der Waals surface area (Å²) in [6, 6.07) is 25.5. The zero-order chi connectivity index (χ0) is 24.4. The number of amides is 1. The number of furan rings is 1. The number of benzene rings is 4. The van der Waals surface area contributed by atoms with Crippen LogP contribution in [-0.2, 0) is 6.61 Å². The van der Waals surface area contributed by atoms with Gasteiger partial charge in [-0.15, -0.1) is 0 Å². The van der Waals surface area contributed by atoms with Gasteiger partial charge in [-0.25, -0.2) is 5.43 Å². The Labute approximate surface area is 226 Å². The van der Waals surface area contributed by atoms with Gasteiger partial charge in [0.15, 0.2) is 5.76 Å². The minimum Gasteiger partial charge on any atom is -0.488 e. The predicted octanol–water partition coefficient (Wildman–Crippen LogP) is 8.22. The van der Waals surface area contributed by atoms with E-state index in [1.807, 2.05) is 42.5 Å². The molecule has 0 unspecified atom stereocenters. The van der Waals surface area contributed by atoms with E-state index in [4.69, 9.17) is 9.15 Å². The molecule has 174 valence electrons. The zero-order valence-corrected chi connectivity index (χ0v) is 22.9. The smallest absolute Gasteiger partial charge is 0.307 e. The number of ether oxygens (including phenoxy) is 1. The minimum absolute atomic E-state index is 0.165. The van der Waals surface area contributed by atoms with E-state index in [-0.39, 0.29) is 5.76 Å². The first kappa shape index (κ1) is 23.8. The van der Waals surface area contributed by atoms with E-state index in [2.05, 4.69) is 88.6 Å². The van der Waals surface area contributed by atoms with Gasteiger partial charge in [-0.3, -0.25) is 4.79 Å². The van der Waals surface area contributed by atoms with E-state index in [9.17, 15) is 4.79 Å². The summed E-state index contributed by atoms with van der Waals surface area (Å²) in [7, 11) is 0. The Balaban J connectivity index is 1.30. The molecule has 0 fully saturated rings. The molecular weight excluding hydrogens is 640 g/mol. The van der Waals surface area contributed by atoms with Crippen LogP contribution in [0, 0.1) is 0 Å². The fraction of sp³-hybridized carbons (Fsp3) is 0.0370.